The zero-order valence-electron chi connectivity index (χ0n) is 8.46. The third-order valence-electron chi connectivity index (χ3n) is 3.20. The van der Waals surface area contributed by atoms with Crippen LogP contribution in [0.5, 0.6) is 0 Å². The standard InChI is InChI=1S/C10H20N2O/c1-2-12(10-5-11-6-10)7-9-3-4-13-8-9/h9-11H,2-8H2,1H3. The van der Waals surface area contributed by atoms with Crippen LogP contribution in [0.15, 0.2) is 0 Å². The van der Waals surface area contributed by atoms with Crippen molar-refractivity contribution in [3.8, 4) is 0 Å². The maximum Gasteiger partial charge on any atom is 0.0507 e. The molecule has 2 heterocycles. The highest BCUT2D eigenvalue weighted by Gasteiger charge is 2.26. The highest BCUT2D eigenvalue weighted by molar-refractivity contribution is 4.85. The Morgan fingerprint density at radius 1 is 1.46 bits per heavy atom. The van der Waals surface area contributed by atoms with Crippen LogP contribution in [-0.4, -0.2) is 50.3 Å². The summed E-state index contributed by atoms with van der Waals surface area (Å²) in [6.07, 6.45) is 1.26. The first kappa shape index (κ1) is 9.44. The van der Waals surface area contributed by atoms with E-state index < -0.39 is 0 Å². The van der Waals surface area contributed by atoms with E-state index in [9.17, 15) is 0 Å². The Kier molecular flexibility index (Phi) is 3.19. The summed E-state index contributed by atoms with van der Waals surface area (Å²) in [7, 11) is 0. The van der Waals surface area contributed by atoms with Crippen molar-refractivity contribution in [3.63, 3.8) is 0 Å². The average Bonchev–Trinajstić information content (AvgIpc) is 2.52. The topological polar surface area (TPSA) is 24.5 Å². The molecule has 0 bridgehead atoms. The molecule has 0 amide bonds. The molecule has 1 atom stereocenters. The highest BCUT2D eigenvalue weighted by atomic mass is 16.5. The summed E-state index contributed by atoms with van der Waals surface area (Å²) in [5.41, 5.74) is 0. The predicted octanol–water partition coefficient (Wildman–Crippen LogP) is 0.317. The fourth-order valence-corrected chi connectivity index (χ4v) is 2.13. The molecule has 2 fully saturated rings. The van der Waals surface area contributed by atoms with E-state index in [0.29, 0.717) is 0 Å². The molecule has 1 N–H and O–H groups in total. The van der Waals surface area contributed by atoms with Crippen molar-refractivity contribution in [1.29, 1.82) is 0 Å². The van der Waals surface area contributed by atoms with Gasteiger partial charge >= 0.3 is 0 Å². The summed E-state index contributed by atoms with van der Waals surface area (Å²) in [4.78, 5) is 2.59. The number of hydrogen-bond acceptors (Lipinski definition) is 3. The molecule has 0 aromatic rings. The quantitative estimate of drug-likeness (QED) is 0.681. The minimum absolute atomic E-state index is 0.792. The number of likely N-dealkylation sites (N-methyl/N-ethyl adjacent to an activating group) is 1. The number of nitrogens with zero attached hydrogens (tertiary/aromatic N) is 1. The van der Waals surface area contributed by atoms with Gasteiger partial charge in [-0.25, -0.2) is 0 Å². The first-order valence-electron chi connectivity index (χ1n) is 5.42. The number of hydrogen-bond donors (Lipinski definition) is 1. The van der Waals surface area contributed by atoms with Crippen molar-refractivity contribution >= 4 is 0 Å². The lowest BCUT2D eigenvalue weighted by Gasteiger charge is -2.38. The smallest absolute Gasteiger partial charge is 0.0507 e. The summed E-state index contributed by atoms with van der Waals surface area (Å²) >= 11 is 0. The van der Waals surface area contributed by atoms with Crippen LogP contribution in [-0.2, 0) is 4.74 Å². The molecule has 0 radical (unpaired) electrons. The lowest BCUT2D eigenvalue weighted by molar-refractivity contribution is 0.119. The van der Waals surface area contributed by atoms with Gasteiger partial charge in [0.2, 0.25) is 0 Å². The van der Waals surface area contributed by atoms with Gasteiger partial charge in [0.15, 0.2) is 0 Å². The molecule has 0 aliphatic carbocycles. The maximum atomic E-state index is 5.39. The van der Waals surface area contributed by atoms with Crippen LogP contribution in [0.4, 0.5) is 0 Å². The molecule has 2 saturated heterocycles. The molecule has 0 aromatic carbocycles. The van der Waals surface area contributed by atoms with Gasteiger partial charge in [0.05, 0.1) is 6.61 Å². The van der Waals surface area contributed by atoms with Gasteiger partial charge in [-0.3, -0.25) is 4.90 Å². The van der Waals surface area contributed by atoms with Gasteiger partial charge in [0.1, 0.15) is 0 Å². The first-order chi connectivity index (χ1) is 6.40. The third kappa shape index (κ3) is 2.22. The van der Waals surface area contributed by atoms with Crippen LogP contribution in [0, 0.1) is 5.92 Å². The Hall–Kier alpha value is -0.120. The number of rotatable bonds is 4. The molecule has 3 nitrogen and oxygen atoms in total. The van der Waals surface area contributed by atoms with E-state index >= 15 is 0 Å². The normalized spacial score (nSPS) is 29.5. The molecule has 0 spiro atoms. The minimum atomic E-state index is 0.792. The lowest BCUT2D eigenvalue weighted by Crippen LogP contribution is -2.58. The molecule has 3 heteroatoms. The summed E-state index contributed by atoms with van der Waals surface area (Å²) in [5, 5.41) is 3.33. The molecular weight excluding hydrogens is 164 g/mol. The number of nitrogens with one attached hydrogen (secondary N) is 1. The Balaban J connectivity index is 1.75. The molecule has 76 valence electrons. The van der Waals surface area contributed by atoms with Crippen LogP contribution in [0.25, 0.3) is 0 Å². The van der Waals surface area contributed by atoms with Crippen LogP contribution in [0.1, 0.15) is 13.3 Å². The molecule has 13 heavy (non-hydrogen) atoms. The summed E-state index contributed by atoms with van der Waals surface area (Å²) in [6.45, 7) is 9.00. The van der Waals surface area contributed by atoms with Crippen LogP contribution in [0.3, 0.4) is 0 Å². The third-order valence-corrected chi connectivity index (χ3v) is 3.20. The largest absolute Gasteiger partial charge is 0.381 e. The van der Waals surface area contributed by atoms with Crippen molar-refractivity contribution in [2.45, 2.75) is 19.4 Å². The Morgan fingerprint density at radius 3 is 2.77 bits per heavy atom. The Morgan fingerprint density at radius 2 is 2.31 bits per heavy atom. The van der Waals surface area contributed by atoms with Crippen LogP contribution in [0.2, 0.25) is 0 Å². The van der Waals surface area contributed by atoms with E-state index in [1.54, 1.807) is 0 Å². The molecule has 0 aromatic heterocycles. The van der Waals surface area contributed by atoms with Gasteiger partial charge in [0.25, 0.3) is 0 Å². The fraction of sp³-hybridized carbons (Fsp3) is 1.00. The monoisotopic (exact) mass is 184 g/mol. The van der Waals surface area contributed by atoms with Gasteiger partial charge < -0.3 is 10.1 Å². The van der Waals surface area contributed by atoms with E-state index in [2.05, 4.69) is 17.1 Å². The van der Waals surface area contributed by atoms with Gasteiger partial charge in [-0.1, -0.05) is 6.92 Å². The van der Waals surface area contributed by atoms with Crippen LogP contribution >= 0.6 is 0 Å². The van der Waals surface area contributed by atoms with Crippen molar-refractivity contribution in [1.82, 2.24) is 10.2 Å². The Bertz CT molecular complexity index is 153. The van der Waals surface area contributed by atoms with Gasteiger partial charge in [-0.2, -0.15) is 0 Å². The second-order valence-electron chi connectivity index (χ2n) is 4.13. The molecule has 2 aliphatic heterocycles. The minimum Gasteiger partial charge on any atom is -0.381 e. The zero-order chi connectivity index (χ0) is 9.10. The second-order valence-corrected chi connectivity index (χ2v) is 4.13. The second kappa shape index (κ2) is 4.40. The summed E-state index contributed by atoms with van der Waals surface area (Å²) in [6, 6.07) is 0.797. The highest BCUT2D eigenvalue weighted by Crippen LogP contribution is 2.16. The molecule has 0 saturated carbocycles. The van der Waals surface area contributed by atoms with Crippen molar-refractivity contribution in [2.24, 2.45) is 5.92 Å². The fourth-order valence-electron chi connectivity index (χ4n) is 2.13. The van der Waals surface area contributed by atoms with E-state index in [1.807, 2.05) is 0 Å². The predicted molar refractivity (Wildman–Crippen MR) is 52.8 cm³/mol. The average molecular weight is 184 g/mol. The summed E-state index contributed by atoms with van der Waals surface area (Å²) < 4.78 is 5.39. The molecule has 1 unspecified atom stereocenters. The molecule has 2 rings (SSSR count). The van der Waals surface area contributed by atoms with E-state index in [-0.39, 0.29) is 0 Å². The summed E-state index contributed by atoms with van der Waals surface area (Å²) in [5.74, 6) is 0.792. The maximum absolute atomic E-state index is 5.39. The van der Waals surface area contributed by atoms with E-state index in [4.69, 9.17) is 4.74 Å². The van der Waals surface area contributed by atoms with Gasteiger partial charge in [-0.15, -0.1) is 0 Å². The number of ether oxygens (including phenoxy) is 1. The van der Waals surface area contributed by atoms with Gasteiger partial charge in [0, 0.05) is 32.3 Å². The van der Waals surface area contributed by atoms with Crippen LogP contribution < -0.4 is 5.32 Å². The van der Waals surface area contributed by atoms with E-state index in [0.717, 1.165) is 25.2 Å². The van der Waals surface area contributed by atoms with Crippen molar-refractivity contribution < 1.29 is 4.74 Å². The van der Waals surface area contributed by atoms with Crippen molar-refractivity contribution in [2.75, 3.05) is 39.4 Å². The first-order valence-corrected chi connectivity index (χ1v) is 5.42. The van der Waals surface area contributed by atoms with Crippen molar-refractivity contribution in [3.05, 3.63) is 0 Å². The molecular formula is C10H20N2O. The zero-order valence-corrected chi connectivity index (χ0v) is 8.46. The van der Waals surface area contributed by atoms with E-state index in [1.165, 1.54) is 32.6 Å². The SMILES string of the molecule is CCN(CC1CCOC1)C1CNC1. The molecule has 2 aliphatic rings. The van der Waals surface area contributed by atoms with Gasteiger partial charge in [-0.05, 0) is 18.9 Å². The lowest BCUT2D eigenvalue weighted by atomic mass is 10.1. The Labute approximate surface area is 80.4 Å².